The first-order chi connectivity index (χ1) is 17.6. The van der Waals surface area contributed by atoms with Crippen molar-refractivity contribution in [2.45, 2.75) is 45.9 Å². The van der Waals surface area contributed by atoms with E-state index in [2.05, 4.69) is 4.98 Å². The third kappa shape index (κ3) is 4.26. The van der Waals surface area contributed by atoms with Gasteiger partial charge in [0.15, 0.2) is 5.92 Å². The number of rotatable bonds is 5. The van der Waals surface area contributed by atoms with Gasteiger partial charge in [0.1, 0.15) is 23.9 Å². The molecule has 190 valence electrons. The van der Waals surface area contributed by atoms with Gasteiger partial charge in [0.05, 0.1) is 0 Å². The van der Waals surface area contributed by atoms with Gasteiger partial charge in [0.2, 0.25) is 0 Å². The predicted octanol–water partition coefficient (Wildman–Crippen LogP) is 3.21. The molecule has 0 amide bonds. The highest BCUT2D eigenvalue weighted by atomic mass is 16.7. The molecule has 1 N–H and O–H groups in total. The highest BCUT2D eigenvalue weighted by Gasteiger charge is 2.52. The lowest BCUT2D eigenvalue weighted by Crippen LogP contribution is -2.51. The molecule has 1 unspecified atom stereocenters. The maximum atomic E-state index is 13.7. The Morgan fingerprint density at radius 3 is 2.30 bits per heavy atom. The highest BCUT2D eigenvalue weighted by Crippen LogP contribution is 2.37. The van der Waals surface area contributed by atoms with Crippen LogP contribution in [-0.2, 0) is 25.6 Å². The van der Waals surface area contributed by atoms with E-state index < -0.39 is 35.1 Å². The molecule has 4 aromatic rings. The third-order valence-corrected chi connectivity index (χ3v) is 6.83. The highest BCUT2D eigenvalue weighted by molar-refractivity contribution is 5.98. The SMILES string of the molecule is Cc1c(C)[n+]([O-])c(C(c2cc3ccccc3[nH]c2=O)C2C(=O)OC(C)(C)OC2=O)n1Cc1ccccc1. The molecule has 9 heteroatoms. The minimum atomic E-state index is -1.56. The van der Waals surface area contributed by atoms with E-state index in [0.717, 1.165) is 5.56 Å². The Morgan fingerprint density at radius 2 is 1.62 bits per heavy atom. The van der Waals surface area contributed by atoms with E-state index in [1.807, 2.05) is 36.4 Å². The van der Waals surface area contributed by atoms with Gasteiger partial charge < -0.3 is 19.7 Å². The monoisotopic (exact) mass is 501 g/mol. The first-order valence-electron chi connectivity index (χ1n) is 12.0. The molecular formula is C28H27N3O6. The second-order valence-corrected chi connectivity index (χ2v) is 9.73. The Kier molecular flexibility index (Phi) is 5.86. The second kappa shape index (κ2) is 8.92. The number of imidazole rings is 1. The number of para-hydroxylation sites is 1. The van der Waals surface area contributed by atoms with Crippen molar-refractivity contribution in [1.82, 2.24) is 9.55 Å². The van der Waals surface area contributed by atoms with Gasteiger partial charge in [-0.1, -0.05) is 48.5 Å². The van der Waals surface area contributed by atoms with Crippen molar-refractivity contribution in [3.05, 3.63) is 105 Å². The number of aromatic nitrogens is 3. The number of nitrogens with one attached hydrogen (secondary N) is 1. The average Bonchev–Trinajstić information content (AvgIpc) is 3.04. The predicted molar refractivity (Wildman–Crippen MR) is 135 cm³/mol. The number of hydrogen-bond donors (Lipinski definition) is 1. The zero-order valence-corrected chi connectivity index (χ0v) is 21.0. The fourth-order valence-electron chi connectivity index (χ4n) is 4.92. The van der Waals surface area contributed by atoms with Crippen LogP contribution in [0.15, 0.2) is 65.5 Å². The van der Waals surface area contributed by atoms with Gasteiger partial charge in [-0.3, -0.25) is 14.4 Å². The summed E-state index contributed by atoms with van der Waals surface area (Å²) in [4.78, 5) is 42.8. The largest absolute Gasteiger partial charge is 0.711 e. The van der Waals surface area contributed by atoms with Crippen molar-refractivity contribution in [2.75, 3.05) is 0 Å². The van der Waals surface area contributed by atoms with Crippen LogP contribution in [0.2, 0.25) is 0 Å². The lowest BCUT2D eigenvalue weighted by Gasteiger charge is -2.35. The smallest absolute Gasteiger partial charge is 0.324 e. The normalized spacial score (nSPS) is 16.4. The number of aromatic amines is 1. The fraction of sp³-hybridized carbons (Fsp3) is 0.286. The number of fused-ring (bicyclic) bond motifs is 1. The average molecular weight is 502 g/mol. The number of nitrogens with zero attached hydrogens (tertiary/aromatic N) is 2. The number of H-pyrrole nitrogens is 1. The Hall–Kier alpha value is -4.40. The summed E-state index contributed by atoms with van der Waals surface area (Å²) in [6, 6.07) is 18.3. The molecule has 0 radical (unpaired) electrons. The molecule has 5 rings (SSSR count). The summed E-state index contributed by atoms with van der Waals surface area (Å²) in [5, 5.41) is 14.3. The number of esters is 2. The van der Waals surface area contributed by atoms with Crippen molar-refractivity contribution in [2.24, 2.45) is 5.92 Å². The number of hydrogen-bond acceptors (Lipinski definition) is 6. The molecule has 0 saturated carbocycles. The van der Waals surface area contributed by atoms with E-state index in [0.29, 0.717) is 33.6 Å². The molecule has 0 aliphatic carbocycles. The van der Waals surface area contributed by atoms with Crippen molar-refractivity contribution in [3.8, 4) is 0 Å². The second-order valence-electron chi connectivity index (χ2n) is 9.73. The molecule has 9 nitrogen and oxygen atoms in total. The molecular weight excluding hydrogens is 474 g/mol. The molecule has 1 fully saturated rings. The molecule has 37 heavy (non-hydrogen) atoms. The van der Waals surface area contributed by atoms with Crippen LogP contribution >= 0.6 is 0 Å². The van der Waals surface area contributed by atoms with Crippen LogP contribution in [0.3, 0.4) is 0 Å². The van der Waals surface area contributed by atoms with E-state index >= 15 is 0 Å². The Balaban J connectivity index is 1.78. The number of benzene rings is 2. The van der Waals surface area contributed by atoms with Crippen molar-refractivity contribution in [1.29, 1.82) is 0 Å². The maximum absolute atomic E-state index is 13.7. The van der Waals surface area contributed by atoms with Gasteiger partial charge in [-0.05, 0) is 23.1 Å². The van der Waals surface area contributed by atoms with Gasteiger partial charge in [-0.25, -0.2) is 9.30 Å². The van der Waals surface area contributed by atoms with E-state index in [9.17, 15) is 19.6 Å². The Morgan fingerprint density at radius 1 is 1.00 bits per heavy atom. The maximum Gasteiger partial charge on any atom is 0.324 e. The molecule has 1 aliphatic rings. The summed E-state index contributed by atoms with van der Waals surface area (Å²) in [5.41, 5.74) is 2.11. The number of carbonyl (C=O) groups is 2. The van der Waals surface area contributed by atoms with E-state index in [1.54, 1.807) is 42.7 Å². The Labute approximate surface area is 212 Å². The molecule has 2 aromatic carbocycles. The van der Waals surface area contributed by atoms with Crippen LogP contribution in [0.5, 0.6) is 0 Å². The number of carbonyl (C=O) groups excluding carboxylic acids is 2. The molecule has 1 saturated heterocycles. The molecule has 0 spiro atoms. The van der Waals surface area contributed by atoms with Gasteiger partial charge >= 0.3 is 11.9 Å². The third-order valence-electron chi connectivity index (χ3n) is 6.83. The quantitative estimate of drug-likeness (QED) is 0.194. The summed E-state index contributed by atoms with van der Waals surface area (Å²) in [5.74, 6) is -5.92. The van der Waals surface area contributed by atoms with Crippen LogP contribution < -0.4 is 10.3 Å². The molecule has 2 aromatic heterocycles. The van der Waals surface area contributed by atoms with Gasteiger partial charge in [0, 0.05) is 38.8 Å². The summed E-state index contributed by atoms with van der Waals surface area (Å²) < 4.78 is 13.3. The molecule has 1 atom stereocenters. The van der Waals surface area contributed by atoms with E-state index in [-0.39, 0.29) is 11.4 Å². The summed E-state index contributed by atoms with van der Waals surface area (Å²) in [6.45, 7) is 6.66. The van der Waals surface area contributed by atoms with E-state index in [4.69, 9.17) is 9.47 Å². The molecule has 0 bridgehead atoms. The number of pyridine rings is 1. The molecule has 3 heterocycles. The first-order valence-corrected chi connectivity index (χ1v) is 12.0. The summed E-state index contributed by atoms with van der Waals surface area (Å²) in [6.07, 6.45) is 0. The van der Waals surface area contributed by atoms with Crippen LogP contribution in [0.4, 0.5) is 0 Å². The van der Waals surface area contributed by atoms with Crippen molar-refractivity contribution < 1.29 is 23.8 Å². The zero-order valence-electron chi connectivity index (χ0n) is 21.0. The van der Waals surface area contributed by atoms with Crippen LogP contribution in [0.1, 0.15) is 48.1 Å². The lowest BCUT2D eigenvalue weighted by molar-refractivity contribution is -0.621. The van der Waals surface area contributed by atoms with Crippen molar-refractivity contribution in [3.63, 3.8) is 0 Å². The number of cyclic esters (lactones) is 2. The lowest BCUT2D eigenvalue weighted by atomic mass is 9.84. The summed E-state index contributed by atoms with van der Waals surface area (Å²) >= 11 is 0. The van der Waals surface area contributed by atoms with Crippen molar-refractivity contribution >= 4 is 22.8 Å². The first kappa shape index (κ1) is 24.3. The standard InChI is InChI=1S/C28H27N3O6/c1-16-17(2)31(35)25(30(16)15-18-10-6-5-7-11-18)22(23-26(33)36-28(3,4)37-27(23)34)20-14-19-12-8-9-13-21(19)29-24(20)32/h5-14,22-23H,15H2,1-4H3,(H,29,32). The Bertz CT molecular complexity index is 1570. The van der Waals surface area contributed by atoms with Gasteiger partial charge in [0.25, 0.3) is 17.2 Å². The fourth-order valence-corrected chi connectivity index (χ4v) is 4.92. The number of ether oxygens (including phenoxy) is 2. The van der Waals surface area contributed by atoms with Gasteiger partial charge in [-0.2, -0.15) is 0 Å². The van der Waals surface area contributed by atoms with Crippen LogP contribution in [-0.4, -0.2) is 27.3 Å². The molecule has 1 aliphatic heterocycles. The van der Waals surface area contributed by atoms with Crippen LogP contribution in [0.25, 0.3) is 10.9 Å². The zero-order chi connectivity index (χ0) is 26.5. The minimum Gasteiger partial charge on any atom is -0.711 e. The van der Waals surface area contributed by atoms with Crippen LogP contribution in [0, 0.1) is 25.0 Å². The minimum absolute atomic E-state index is 0.0817. The van der Waals surface area contributed by atoms with Gasteiger partial charge in [-0.15, -0.1) is 0 Å². The topological polar surface area (TPSA) is 117 Å². The summed E-state index contributed by atoms with van der Waals surface area (Å²) in [7, 11) is 0. The van der Waals surface area contributed by atoms with E-state index in [1.165, 1.54) is 13.8 Å².